The second-order valence-corrected chi connectivity index (χ2v) is 4.59. The van der Waals surface area contributed by atoms with Crippen LogP contribution in [0.2, 0.25) is 0 Å². The van der Waals surface area contributed by atoms with Crippen molar-refractivity contribution in [2.45, 2.75) is 39.2 Å². The highest BCUT2D eigenvalue weighted by molar-refractivity contribution is 5.69. The summed E-state index contributed by atoms with van der Waals surface area (Å²) in [6.45, 7) is 2.86. The molecule has 0 aliphatic heterocycles. The Morgan fingerprint density at radius 1 is 1.50 bits per heavy atom. The molecule has 1 aromatic heterocycles. The average Bonchev–Trinajstić information content (AvgIpc) is 2.65. The zero-order chi connectivity index (χ0) is 11.5. The maximum absolute atomic E-state index is 10.8. The van der Waals surface area contributed by atoms with E-state index in [1.807, 2.05) is 11.5 Å². The summed E-state index contributed by atoms with van der Waals surface area (Å²) in [7, 11) is 0. The van der Waals surface area contributed by atoms with Crippen molar-refractivity contribution in [2.75, 3.05) is 0 Å². The Kier molecular flexibility index (Phi) is 3.22. The van der Waals surface area contributed by atoms with E-state index in [1.165, 1.54) is 0 Å². The Hall–Kier alpha value is -1.39. The molecule has 0 atom stereocenters. The van der Waals surface area contributed by atoms with Crippen LogP contribution < -0.4 is 0 Å². The predicted molar refractivity (Wildman–Crippen MR) is 57.8 cm³/mol. The molecule has 1 saturated carbocycles. The SMILES string of the molecule is Cc1nncn1CC1CCC(C(=O)O)CC1. The first-order valence-corrected chi connectivity index (χ1v) is 5.74. The molecular formula is C11H17N3O2. The molecule has 88 valence electrons. The van der Waals surface area contributed by atoms with Gasteiger partial charge < -0.3 is 9.67 Å². The Balaban J connectivity index is 1.86. The molecule has 5 heteroatoms. The van der Waals surface area contributed by atoms with Crippen molar-refractivity contribution >= 4 is 5.97 Å². The molecule has 16 heavy (non-hydrogen) atoms. The van der Waals surface area contributed by atoms with Gasteiger partial charge in [-0.15, -0.1) is 10.2 Å². The molecule has 2 rings (SSSR count). The van der Waals surface area contributed by atoms with Crippen molar-refractivity contribution in [1.82, 2.24) is 14.8 Å². The van der Waals surface area contributed by atoms with Crippen LogP contribution in [0.4, 0.5) is 0 Å². The van der Waals surface area contributed by atoms with Crippen molar-refractivity contribution in [2.24, 2.45) is 11.8 Å². The molecule has 0 saturated heterocycles. The number of rotatable bonds is 3. The van der Waals surface area contributed by atoms with E-state index < -0.39 is 5.97 Å². The van der Waals surface area contributed by atoms with E-state index in [0.29, 0.717) is 5.92 Å². The van der Waals surface area contributed by atoms with Crippen LogP contribution in [0, 0.1) is 18.8 Å². The molecule has 0 aromatic carbocycles. The number of hydrogen-bond acceptors (Lipinski definition) is 3. The molecule has 0 spiro atoms. The lowest BCUT2D eigenvalue weighted by Gasteiger charge is -2.26. The van der Waals surface area contributed by atoms with Gasteiger partial charge >= 0.3 is 5.97 Å². The van der Waals surface area contributed by atoms with Crippen LogP contribution >= 0.6 is 0 Å². The third-order valence-corrected chi connectivity index (χ3v) is 3.46. The van der Waals surface area contributed by atoms with Crippen LogP contribution in [0.3, 0.4) is 0 Å². The van der Waals surface area contributed by atoms with Crippen LogP contribution in [0.1, 0.15) is 31.5 Å². The second kappa shape index (κ2) is 4.63. The molecule has 5 nitrogen and oxygen atoms in total. The van der Waals surface area contributed by atoms with Gasteiger partial charge in [0.05, 0.1) is 5.92 Å². The Morgan fingerprint density at radius 3 is 2.69 bits per heavy atom. The highest BCUT2D eigenvalue weighted by atomic mass is 16.4. The fourth-order valence-electron chi connectivity index (χ4n) is 2.36. The van der Waals surface area contributed by atoms with Gasteiger partial charge in [0.25, 0.3) is 0 Å². The maximum atomic E-state index is 10.8. The number of aliphatic carboxylic acids is 1. The lowest BCUT2D eigenvalue weighted by atomic mass is 9.82. The number of carboxylic acids is 1. The summed E-state index contributed by atoms with van der Waals surface area (Å²) in [6.07, 6.45) is 5.35. The summed E-state index contributed by atoms with van der Waals surface area (Å²) in [6, 6.07) is 0. The fourth-order valence-corrected chi connectivity index (χ4v) is 2.36. The summed E-state index contributed by atoms with van der Waals surface area (Å²) in [5.74, 6) is 0.739. The van der Waals surface area contributed by atoms with E-state index >= 15 is 0 Å². The van der Waals surface area contributed by atoms with Crippen molar-refractivity contribution in [3.8, 4) is 0 Å². The minimum absolute atomic E-state index is 0.127. The van der Waals surface area contributed by atoms with Gasteiger partial charge in [-0.2, -0.15) is 0 Å². The normalized spacial score (nSPS) is 25.6. The monoisotopic (exact) mass is 223 g/mol. The largest absolute Gasteiger partial charge is 0.481 e. The quantitative estimate of drug-likeness (QED) is 0.842. The summed E-state index contributed by atoms with van der Waals surface area (Å²) in [5.41, 5.74) is 0. The molecule has 0 bridgehead atoms. The molecule has 1 fully saturated rings. The van der Waals surface area contributed by atoms with Gasteiger partial charge in [-0.3, -0.25) is 4.79 Å². The standard InChI is InChI=1S/C11H17N3O2/c1-8-13-12-7-14(8)6-9-2-4-10(5-3-9)11(15)16/h7,9-10H,2-6H2,1H3,(H,15,16). The number of nitrogens with zero attached hydrogens (tertiary/aromatic N) is 3. The summed E-state index contributed by atoms with van der Waals surface area (Å²) >= 11 is 0. The summed E-state index contributed by atoms with van der Waals surface area (Å²) < 4.78 is 2.05. The first-order valence-electron chi connectivity index (χ1n) is 5.74. The molecule has 0 radical (unpaired) electrons. The molecule has 0 amide bonds. The topological polar surface area (TPSA) is 68.0 Å². The van der Waals surface area contributed by atoms with Crippen LogP contribution in [-0.2, 0) is 11.3 Å². The van der Waals surface area contributed by atoms with E-state index in [2.05, 4.69) is 10.2 Å². The third kappa shape index (κ3) is 2.40. The van der Waals surface area contributed by atoms with Gasteiger partial charge in [0.1, 0.15) is 12.2 Å². The van der Waals surface area contributed by atoms with Crippen LogP contribution in [0.5, 0.6) is 0 Å². The van der Waals surface area contributed by atoms with Crippen molar-refractivity contribution in [3.63, 3.8) is 0 Å². The number of hydrogen-bond donors (Lipinski definition) is 1. The van der Waals surface area contributed by atoms with E-state index in [9.17, 15) is 4.79 Å². The van der Waals surface area contributed by atoms with Crippen LogP contribution in [-0.4, -0.2) is 25.8 Å². The second-order valence-electron chi connectivity index (χ2n) is 4.59. The molecule has 1 aliphatic rings. The van der Waals surface area contributed by atoms with Gasteiger partial charge in [-0.05, 0) is 38.5 Å². The van der Waals surface area contributed by atoms with Gasteiger partial charge in [0.2, 0.25) is 0 Å². The predicted octanol–water partition coefficient (Wildman–Crippen LogP) is 1.48. The van der Waals surface area contributed by atoms with Crippen molar-refractivity contribution in [1.29, 1.82) is 0 Å². The highest BCUT2D eigenvalue weighted by Crippen LogP contribution is 2.29. The fraction of sp³-hybridized carbons (Fsp3) is 0.727. The molecule has 1 N–H and O–H groups in total. The van der Waals surface area contributed by atoms with E-state index in [4.69, 9.17) is 5.11 Å². The highest BCUT2D eigenvalue weighted by Gasteiger charge is 2.26. The number of aryl methyl sites for hydroxylation is 1. The Labute approximate surface area is 94.5 Å². The van der Waals surface area contributed by atoms with Gasteiger partial charge in [0.15, 0.2) is 0 Å². The molecule has 1 heterocycles. The summed E-state index contributed by atoms with van der Waals surface area (Å²) in [5, 5.41) is 16.7. The third-order valence-electron chi connectivity index (χ3n) is 3.46. The zero-order valence-electron chi connectivity index (χ0n) is 9.46. The van der Waals surface area contributed by atoms with E-state index in [1.54, 1.807) is 6.33 Å². The maximum Gasteiger partial charge on any atom is 0.306 e. The molecular weight excluding hydrogens is 206 g/mol. The minimum Gasteiger partial charge on any atom is -0.481 e. The average molecular weight is 223 g/mol. The molecule has 1 aliphatic carbocycles. The molecule has 1 aromatic rings. The lowest BCUT2D eigenvalue weighted by molar-refractivity contribution is -0.143. The summed E-state index contributed by atoms with van der Waals surface area (Å²) in [4.78, 5) is 10.8. The number of carbonyl (C=O) groups is 1. The van der Waals surface area contributed by atoms with E-state index in [0.717, 1.165) is 38.1 Å². The van der Waals surface area contributed by atoms with Gasteiger partial charge in [-0.25, -0.2) is 0 Å². The van der Waals surface area contributed by atoms with Crippen LogP contribution in [0.15, 0.2) is 6.33 Å². The Bertz CT molecular complexity index is 367. The van der Waals surface area contributed by atoms with Gasteiger partial charge in [0, 0.05) is 6.54 Å². The first-order chi connectivity index (χ1) is 7.66. The van der Waals surface area contributed by atoms with E-state index in [-0.39, 0.29) is 5.92 Å². The van der Waals surface area contributed by atoms with Crippen molar-refractivity contribution in [3.05, 3.63) is 12.2 Å². The van der Waals surface area contributed by atoms with Gasteiger partial charge in [-0.1, -0.05) is 0 Å². The minimum atomic E-state index is -0.640. The first kappa shape index (κ1) is 11.1. The lowest BCUT2D eigenvalue weighted by Crippen LogP contribution is -2.23. The van der Waals surface area contributed by atoms with Crippen LogP contribution in [0.25, 0.3) is 0 Å². The number of aromatic nitrogens is 3. The Morgan fingerprint density at radius 2 is 2.19 bits per heavy atom. The molecule has 0 unspecified atom stereocenters. The van der Waals surface area contributed by atoms with Crippen molar-refractivity contribution < 1.29 is 9.90 Å². The zero-order valence-corrected chi connectivity index (χ0v) is 9.46. The number of carboxylic acid groups (broad SMARTS) is 1. The smallest absolute Gasteiger partial charge is 0.306 e.